The number of para-hydroxylation sites is 1. The Labute approximate surface area is 255 Å². The summed E-state index contributed by atoms with van der Waals surface area (Å²) in [5, 5.41) is 12.1. The highest BCUT2D eigenvalue weighted by atomic mass is 32.2. The Morgan fingerprint density at radius 2 is 1.67 bits per heavy atom. The third kappa shape index (κ3) is 9.95. The van der Waals surface area contributed by atoms with E-state index in [1.165, 1.54) is 27.7 Å². The van der Waals surface area contributed by atoms with Gasteiger partial charge in [0.1, 0.15) is 36.5 Å². The van der Waals surface area contributed by atoms with E-state index in [9.17, 15) is 19.2 Å². The maximum atomic E-state index is 12.3. The van der Waals surface area contributed by atoms with Crippen molar-refractivity contribution in [1.82, 2.24) is 20.1 Å². The molecule has 0 radical (unpaired) electrons. The Morgan fingerprint density at radius 1 is 0.977 bits per heavy atom. The second kappa shape index (κ2) is 16.3. The fraction of sp³-hybridized carbons (Fsp3) is 0.586. The first-order valence-corrected chi connectivity index (χ1v) is 15.1. The van der Waals surface area contributed by atoms with Gasteiger partial charge >= 0.3 is 17.9 Å². The number of esters is 3. The van der Waals surface area contributed by atoms with E-state index in [1.54, 1.807) is 0 Å². The summed E-state index contributed by atoms with van der Waals surface area (Å²) in [7, 11) is 0. The van der Waals surface area contributed by atoms with E-state index in [-0.39, 0.29) is 13.2 Å². The van der Waals surface area contributed by atoms with Crippen LogP contribution >= 0.6 is 11.8 Å². The van der Waals surface area contributed by atoms with E-state index in [2.05, 4.69) is 22.4 Å². The fourth-order valence-corrected chi connectivity index (χ4v) is 5.80. The number of hydrogen-bond donors (Lipinski definition) is 1. The number of aryl methyl sites for hydroxylation is 1. The van der Waals surface area contributed by atoms with Crippen molar-refractivity contribution in [1.29, 1.82) is 0 Å². The van der Waals surface area contributed by atoms with Crippen LogP contribution in [-0.2, 0) is 51.3 Å². The SMILES string of the molecule is CCCCCn1c(COc2ccccc2C)nnc1S[C@@H]1O[C@H](COC(C)=O)[C@@H](OC(C)=O)[C@H](OC(C)=O)[C@H]1NC(C)=O. The van der Waals surface area contributed by atoms with Crippen molar-refractivity contribution in [3.63, 3.8) is 0 Å². The van der Waals surface area contributed by atoms with Crippen molar-refractivity contribution in [3.8, 4) is 5.75 Å². The highest BCUT2D eigenvalue weighted by Crippen LogP contribution is 2.36. The Kier molecular flexibility index (Phi) is 12.8. The highest BCUT2D eigenvalue weighted by molar-refractivity contribution is 7.99. The molecule has 236 valence electrons. The van der Waals surface area contributed by atoms with Gasteiger partial charge in [-0.3, -0.25) is 19.2 Å². The Bertz CT molecular complexity index is 1270. The molecule has 0 bridgehead atoms. The largest absolute Gasteiger partial charge is 0.485 e. The van der Waals surface area contributed by atoms with Crippen molar-refractivity contribution in [2.75, 3.05) is 6.61 Å². The third-order valence-corrected chi connectivity index (χ3v) is 7.67. The average Bonchev–Trinajstić information content (AvgIpc) is 3.30. The molecule has 43 heavy (non-hydrogen) atoms. The molecular formula is C29H40N4O9S. The second-order valence-electron chi connectivity index (χ2n) is 10.1. The number of carbonyl (C=O) groups excluding carboxylic acids is 4. The highest BCUT2D eigenvalue weighted by Gasteiger charge is 2.51. The number of rotatable bonds is 14. The number of ether oxygens (including phenoxy) is 5. The molecule has 2 heterocycles. The standard InChI is InChI=1S/C29H40N4O9S/c1-7-8-11-14-33-24(16-39-22-13-10-9-12-17(22)2)31-32-29(33)43-28-25(30-18(3)34)27(41-21(6)37)26(40-20(5)36)23(42-28)15-38-19(4)35/h9-10,12-13,23,25-28H,7-8,11,14-16H2,1-6H3,(H,30,34)/t23-,25-,26-,27-,28+/m1/s1. The minimum absolute atomic E-state index is 0.171. The number of carbonyl (C=O) groups is 4. The van der Waals surface area contributed by atoms with Gasteiger partial charge in [-0.2, -0.15) is 0 Å². The van der Waals surface area contributed by atoms with Gasteiger partial charge in [0, 0.05) is 34.2 Å². The maximum Gasteiger partial charge on any atom is 0.303 e. The predicted molar refractivity (Wildman–Crippen MR) is 155 cm³/mol. The molecule has 1 amide bonds. The molecule has 1 saturated heterocycles. The Morgan fingerprint density at radius 3 is 2.30 bits per heavy atom. The van der Waals surface area contributed by atoms with E-state index in [0.717, 1.165) is 42.3 Å². The molecule has 5 atom stereocenters. The smallest absolute Gasteiger partial charge is 0.303 e. The van der Waals surface area contributed by atoms with Crippen LogP contribution in [0.3, 0.4) is 0 Å². The molecule has 13 nitrogen and oxygen atoms in total. The van der Waals surface area contributed by atoms with Crippen molar-refractivity contribution in [3.05, 3.63) is 35.7 Å². The fourth-order valence-electron chi connectivity index (χ4n) is 4.61. The van der Waals surface area contributed by atoms with Crippen LogP contribution in [0.5, 0.6) is 5.75 Å². The lowest BCUT2D eigenvalue weighted by Gasteiger charge is -2.44. The van der Waals surface area contributed by atoms with Crippen molar-refractivity contribution < 1.29 is 42.9 Å². The van der Waals surface area contributed by atoms with E-state index < -0.39 is 53.6 Å². The number of aromatic nitrogens is 3. The molecule has 1 aromatic heterocycles. The minimum atomic E-state index is -1.17. The summed E-state index contributed by atoms with van der Waals surface area (Å²) >= 11 is 1.16. The lowest BCUT2D eigenvalue weighted by molar-refractivity contribution is -0.211. The number of benzene rings is 1. The zero-order valence-electron chi connectivity index (χ0n) is 25.4. The maximum absolute atomic E-state index is 12.3. The summed E-state index contributed by atoms with van der Waals surface area (Å²) in [6.45, 7) is 9.51. The molecule has 0 spiro atoms. The van der Waals surface area contributed by atoms with Gasteiger partial charge in [0.15, 0.2) is 23.2 Å². The molecule has 14 heteroatoms. The van der Waals surface area contributed by atoms with Gasteiger partial charge in [-0.15, -0.1) is 10.2 Å². The zero-order valence-corrected chi connectivity index (χ0v) is 26.2. The minimum Gasteiger partial charge on any atom is -0.485 e. The van der Waals surface area contributed by atoms with Gasteiger partial charge in [-0.05, 0) is 25.0 Å². The second-order valence-corrected chi connectivity index (χ2v) is 11.2. The van der Waals surface area contributed by atoms with Gasteiger partial charge in [0.2, 0.25) is 5.91 Å². The van der Waals surface area contributed by atoms with Crippen molar-refractivity contribution in [2.45, 2.75) is 109 Å². The summed E-state index contributed by atoms with van der Waals surface area (Å²) in [6.07, 6.45) is -0.486. The van der Waals surface area contributed by atoms with Gasteiger partial charge in [0.25, 0.3) is 0 Å². The topological polar surface area (TPSA) is 157 Å². The third-order valence-electron chi connectivity index (χ3n) is 6.52. The van der Waals surface area contributed by atoms with Crippen LogP contribution in [0.1, 0.15) is 65.3 Å². The molecule has 0 saturated carbocycles. The summed E-state index contributed by atoms with van der Waals surface area (Å²) < 4.78 is 30.6. The molecule has 1 fully saturated rings. The van der Waals surface area contributed by atoms with Gasteiger partial charge < -0.3 is 33.6 Å². The normalized spacial score (nSPS) is 21.5. The summed E-state index contributed by atoms with van der Waals surface area (Å²) in [5.41, 5.74) is 0.0837. The number of nitrogens with one attached hydrogen (secondary N) is 1. The first-order valence-electron chi connectivity index (χ1n) is 14.2. The van der Waals surface area contributed by atoms with Crippen LogP contribution in [-0.4, -0.2) is 75.0 Å². The van der Waals surface area contributed by atoms with Crippen LogP contribution in [0.15, 0.2) is 29.4 Å². The molecule has 1 aliphatic heterocycles. The van der Waals surface area contributed by atoms with Crippen LogP contribution in [0.2, 0.25) is 0 Å². The summed E-state index contributed by atoms with van der Waals surface area (Å²) in [6, 6.07) is 6.71. The van der Waals surface area contributed by atoms with E-state index in [4.69, 9.17) is 23.7 Å². The lowest BCUT2D eigenvalue weighted by atomic mass is 9.97. The Balaban J connectivity index is 1.98. The predicted octanol–water partition coefficient (Wildman–Crippen LogP) is 3.10. The molecule has 2 aromatic rings. The summed E-state index contributed by atoms with van der Waals surface area (Å²) in [4.78, 5) is 48.2. The molecule has 1 aromatic carbocycles. The number of nitrogens with zero attached hydrogens (tertiary/aromatic N) is 3. The number of unbranched alkanes of at least 4 members (excludes halogenated alkanes) is 2. The molecule has 3 rings (SSSR count). The first-order chi connectivity index (χ1) is 20.5. The average molecular weight is 621 g/mol. The van der Waals surface area contributed by atoms with Gasteiger partial charge in [0.05, 0.1) is 0 Å². The van der Waals surface area contributed by atoms with E-state index in [1.807, 2.05) is 35.8 Å². The molecule has 1 N–H and O–H groups in total. The molecular weight excluding hydrogens is 580 g/mol. The van der Waals surface area contributed by atoms with Gasteiger partial charge in [-0.1, -0.05) is 49.7 Å². The van der Waals surface area contributed by atoms with Crippen LogP contribution in [0.25, 0.3) is 0 Å². The lowest BCUT2D eigenvalue weighted by Crippen LogP contribution is -2.65. The van der Waals surface area contributed by atoms with Crippen molar-refractivity contribution >= 4 is 35.6 Å². The molecule has 0 unspecified atom stereocenters. The van der Waals surface area contributed by atoms with E-state index >= 15 is 0 Å². The Hall–Kier alpha value is -3.65. The molecule has 0 aliphatic carbocycles. The van der Waals surface area contributed by atoms with E-state index in [0.29, 0.717) is 17.5 Å². The number of hydrogen-bond acceptors (Lipinski definition) is 12. The quantitative estimate of drug-likeness (QED) is 0.187. The number of amides is 1. The van der Waals surface area contributed by atoms with Crippen LogP contribution in [0.4, 0.5) is 0 Å². The monoisotopic (exact) mass is 620 g/mol. The van der Waals surface area contributed by atoms with Gasteiger partial charge in [-0.25, -0.2) is 0 Å². The molecule has 1 aliphatic rings. The zero-order chi connectivity index (χ0) is 31.5. The van der Waals surface area contributed by atoms with Crippen LogP contribution in [0, 0.1) is 6.92 Å². The van der Waals surface area contributed by atoms with Crippen LogP contribution < -0.4 is 10.1 Å². The first kappa shape index (κ1) is 33.8. The van der Waals surface area contributed by atoms with Crippen molar-refractivity contribution in [2.24, 2.45) is 0 Å². The number of thioether (sulfide) groups is 1. The summed E-state index contributed by atoms with van der Waals surface area (Å²) in [5.74, 6) is -0.993.